The van der Waals surface area contributed by atoms with E-state index in [0.29, 0.717) is 0 Å². The maximum absolute atomic E-state index is 10.7. The molecule has 4 N–H and O–H groups in total. The minimum absolute atomic E-state index is 0.280. The van der Waals surface area contributed by atoms with Crippen LogP contribution in [0.3, 0.4) is 0 Å². The summed E-state index contributed by atoms with van der Waals surface area (Å²) in [5, 5.41) is 35.3. The molecule has 0 unspecified atom stereocenters. The summed E-state index contributed by atoms with van der Waals surface area (Å²) in [6.45, 7) is 2.69. The van der Waals surface area contributed by atoms with Gasteiger partial charge >= 0.3 is 18.1 Å². The topological polar surface area (TPSA) is 116 Å². The number of aliphatic hydroxyl groups is 4. The molecule has 0 amide bonds. The highest BCUT2D eigenvalue weighted by atomic mass is 16.9. The standard InChI is InChI=1S/C7H14O7/c1-3-6(9,10)13-5(8)14-7(11,12)4-2/h9-12H,3-4H2,1-2H3. The molecular formula is C7H14O7. The predicted molar refractivity (Wildman–Crippen MR) is 42.5 cm³/mol. The predicted octanol–water partition coefficient (Wildman–Crippen LogP) is -0.764. The van der Waals surface area contributed by atoms with Crippen molar-refractivity contribution in [2.24, 2.45) is 0 Å². The Morgan fingerprint density at radius 3 is 1.50 bits per heavy atom. The third-order valence-electron chi connectivity index (χ3n) is 1.41. The average Bonchev–Trinajstić information content (AvgIpc) is 2.02. The van der Waals surface area contributed by atoms with Gasteiger partial charge in [-0.3, -0.25) is 0 Å². The molecule has 84 valence electrons. The van der Waals surface area contributed by atoms with Crippen molar-refractivity contribution in [3.8, 4) is 0 Å². The van der Waals surface area contributed by atoms with Crippen molar-refractivity contribution in [3.63, 3.8) is 0 Å². The van der Waals surface area contributed by atoms with E-state index in [1.165, 1.54) is 13.8 Å². The van der Waals surface area contributed by atoms with E-state index in [9.17, 15) is 4.79 Å². The largest absolute Gasteiger partial charge is 0.516 e. The Balaban J connectivity index is 4.12. The van der Waals surface area contributed by atoms with Gasteiger partial charge in [0.15, 0.2) is 0 Å². The highest BCUT2D eigenvalue weighted by Gasteiger charge is 2.32. The number of carbonyl (C=O) groups excluding carboxylic acids is 1. The van der Waals surface area contributed by atoms with Crippen molar-refractivity contribution >= 4 is 6.16 Å². The Labute approximate surface area is 80.5 Å². The maximum Gasteiger partial charge on any atom is 0.516 e. The van der Waals surface area contributed by atoms with E-state index < -0.39 is 18.1 Å². The zero-order chi connectivity index (χ0) is 11.4. The third-order valence-corrected chi connectivity index (χ3v) is 1.41. The third kappa shape index (κ3) is 4.97. The van der Waals surface area contributed by atoms with Crippen LogP contribution in [-0.2, 0) is 9.47 Å². The van der Waals surface area contributed by atoms with Crippen LogP contribution in [0, 0.1) is 0 Å². The van der Waals surface area contributed by atoms with Gasteiger partial charge in [0.25, 0.3) is 0 Å². The van der Waals surface area contributed by atoms with Crippen molar-refractivity contribution in [3.05, 3.63) is 0 Å². The summed E-state index contributed by atoms with van der Waals surface area (Å²) in [4.78, 5) is 10.7. The molecule has 7 nitrogen and oxygen atoms in total. The molecule has 0 radical (unpaired) electrons. The molecule has 0 atom stereocenters. The minimum Gasteiger partial charge on any atom is -0.376 e. The highest BCUT2D eigenvalue weighted by Crippen LogP contribution is 2.13. The summed E-state index contributed by atoms with van der Waals surface area (Å²) >= 11 is 0. The first-order chi connectivity index (χ1) is 6.22. The molecule has 0 spiro atoms. The van der Waals surface area contributed by atoms with Crippen molar-refractivity contribution < 1.29 is 34.7 Å². The summed E-state index contributed by atoms with van der Waals surface area (Å²) in [5.74, 6) is -5.33. The SMILES string of the molecule is CCC(O)(O)OC(=O)OC(O)(O)CC. The smallest absolute Gasteiger partial charge is 0.376 e. The summed E-state index contributed by atoms with van der Waals surface area (Å²) in [7, 11) is 0. The van der Waals surface area contributed by atoms with Crippen molar-refractivity contribution in [2.75, 3.05) is 0 Å². The Morgan fingerprint density at radius 1 is 1.00 bits per heavy atom. The van der Waals surface area contributed by atoms with Gasteiger partial charge in [0, 0.05) is 12.8 Å². The lowest BCUT2D eigenvalue weighted by Crippen LogP contribution is -2.39. The zero-order valence-electron chi connectivity index (χ0n) is 7.93. The number of hydrogen-bond donors (Lipinski definition) is 4. The van der Waals surface area contributed by atoms with Gasteiger partial charge in [-0.1, -0.05) is 13.8 Å². The first-order valence-electron chi connectivity index (χ1n) is 4.04. The molecule has 14 heavy (non-hydrogen) atoms. The van der Waals surface area contributed by atoms with Gasteiger partial charge in [0.2, 0.25) is 0 Å². The van der Waals surface area contributed by atoms with Crippen LogP contribution in [0.25, 0.3) is 0 Å². The number of carbonyl (C=O) groups is 1. The molecule has 0 fully saturated rings. The van der Waals surface area contributed by atoms with Crippen molar-refractivity contribution in [1.82, 2.24) is 0 Å². The van der Waals surface area contributed by atoms with Gasteiger partial charge in [-0.05, 0) is 0 Å². The summed E-state index contributed by atoms with van der Waals surface area (Å²) in [6.07, 6.45) is -2.14. The lowest BCUT2D eigenvalue weighted by atomic mass is 10.4. The number of hydrogen-bond acceptors (Lipinski definition) is 7. The monoisotopic (exact) mass is 210 g/mol. The maximum atomic E-state index is 10.7. The van der Waals surface area contributed by atoms with E-state index in [-0.39, 0.29) is 12.8 Å². The van der Waals surface area contributed by atoms with Gasteiger partial charge in [-0.2, -0.15) is 0 Å². The summed E-state index contributed by atoms with van der Waals surface area (Å²) in [5.41, 5.74) is 0. The Kier molecular flexibility index (Phi) is 4.27. The van der Waals surface area contributed by atoms with Crippen LogP contribution in [-0.4, -0.2) is 38.5 Å². The van der Waals surface area contributed by atoms with E-state index >= 15 is 0 Å². The molecule has 0 rings (SSSR count). The van der Waals surface area contributed by atoms with Gasteiger partial charge in [-0.15, -0.1) is 0 Å². The fourth-order valence-corrected chi connectivity index (χ4v) is 0.432. The zero-order valence-corrected chi connectivity index (χ0v) is 7.93. The molecular weight excluding hydrogens is 196 g/mol. The van der Waals surface area contributed by atoms with Crippen LogP contribution >= 0.6 is 0 Å². The molecule has 7 heteroatoms. The lowest BCUT2D eigenvalue weighted by molar-refractivity contribution is -0.351. The second kappa shape index (κ2) is 4.56. The van der Waals surface area contributed by atoms with Crippen LogP contribution in [0.1, 0.15) is 26.7 Å². The molecule has 0 aliphatic heterocycles. The second-order valence-corrected chi connectivity index (χ2v) is 2.65. The van der Waals surface area contributed by atoms with Gasteiger partial charge in [0.05, 0.1) is 0 Å². The molecule has 0 aliphatic rings. The number of ether oxygens (including phenoxy) is 2. The van der Waals surface area contributed by atoms with Crippen LogP contribution < -0.4 is 0 Å². The molecule has 0 aliphatic carbocycles. The first-order valence-corrected chi connectivity index (χ1v) is 4.04. The normalized spacial score (nSPS) is 12.4. The average molecular weight is 210 g/mol. The van der Waals surface area contributed by atoms with E-state index in [4.69, 9.17) is 20.4 Å². The fourth-order valence-electron chi connectivity index (χ4n) is 0.432. The Morgan fingerprint density at radius 2 is 1.29 bits per heavy atom. The van der Waals surface area contributed by atoms with Crippen LogP contribution in [0.4, 0.5) is 4.79 Å². The lowest BCUT2D eigenvalue weighted by Gasteiger charge is -2.23. The Bertz CT molecular complexity index is 178. The molecule has 0 bridgehead atoms. The first kappa shape index (κ1) is 13.1. The quantitative estimate of drug-likeness (QED) is 0.356. The fraction of sp³-hybridized carbons (Fsp3) is 0.857. The van der Waals surface area contributed by atoms with Gasteiger partial charge in [-0.25, -0.2) is 4.79 Å². The van der Waals surface area contributed by atoms with Gasteiger partial charge < -0.3 is 29.9 Å². The minimum atomic E-state index is -2.67. The van der Waals surface area contributed by atoms with E-state index in [1.54, 1.807) is 0 Å². The van der Waals surface area contributed by atoms with E-state index in [1.807, 2.05) is 0 Å². The van der Waals surface area contributed by atoms with Gasteiger partial charge in [0.1, 0.15) is 0 Å². The molecule has 0 aromatic carbocycles. The summed E-state index contributed by atoms with van der Waals surface area (Å²) < 4.78 is 7.91. The second-order valence-electron chi connectivity index (χ2n) is 2.65. The van der Waals surface area contributed by atoms with Crippen molar-refractivity contribution in [1.29, 1.82) is 0 Å². The highest BCUT2D eigenvalue weighted by molar-refractivity contribution is 5.60. The Hall–Kier alpha value is -0.890. The summed E-state index contributed by atoms with van der Waals surface area (Å²) in [6, 6.07) is 0. The number of rotatable bonds is 4. The van der Waals surface area contributed by atoms with Crippen LogP contribution in [0.15, 0.2) is 0 Å². The van der Waals surface area contributed by atoms with E-state index in [0.717, 1.165) is 0 Å². The van der Waals surface area contributed by atoms with Crippen LogP contribution in [0.2, 0.25) is 0 Å². The van der Waals surface area contributed by atoms with Crippen molar-refractivity contribution in [2.45, 2.75) is 38.6 Å². The molecule has 0 aromatic heterocycles. The van der Waals surface area contributed by atoms with Crippen LogP contribution in [0.5, 0.6) is 0 Å². The molecule has 0 saturated heterocycles. The molecule has 0 saturated carbocycles. The molecule has 0 aromatic rings. The molecule has 0 heterocycles. The van der Waals surface area contributed by atoms with E-state index in [2.05, 4.69) is 9.47 Å².